The zero-order chi connectivity index (χ0) is 17.1. The fourth-order valence-corrected chi connectivity index (χ4v) is 2.46. The van der Waals surface area contributed by atoms with Gasteiger partial charge in [-0.3, -0.25) is 0 Å². The number of benzene rings is 1. The van der Waals surface area contributed by atoms with Crippen molar-refractivity contribution < 1.29 is 9.47 Å². The van der Waals surface area contributed by atoms with Crippen LogP contribution in [0, 0.1) is 6.92 Å². The Balaban J connectivity index is 1.79. The number of aryl methyl sites for hydroxylation is 1. The number of rotatable bonds is 5. The fourth-order valence-electron chi connectivity index (χ4n) is 2.32. The number of nitrogens with two attached hydrogens (primary N) is 1. The van der Waals surface area contributed by atoms with Gasteiger partial charge < -0.3 is 15.2 Å². The Kier molecular flexibility index (Phi) is 4.57. The lowest BCUT2D eigenvalue weighted by atomic mass is 10.1. The number of nitrogens with zero attached hydrogens (tertiary/aromatic N) is 3. The first kappa shape index (κ1) is 16.1. The molecule has 0 saturated carbocycles. The van der Waals surface area contributed by atoms with Gasteiger partial charge in [0.2, 0.25) is 11.8 Å². The first-order chi connectivity index (χ1) is 11.6. The number of aromatic nitrogens is 3. The molecule has 2 aromatic heterocycles. The SMILES string of the molecule is COc1nc(Cl)ccc1-n1ccc(OCc2c(C)cccc2N)n1. The molecule has 7 heteroatoms. The Labute approximate surface area is 144 Å². The maximum atomic E-state index is 5.99. The maximum Gasteiger partial charge on any atom is 0.241 e. The van der Waals surface area contributed by atoms with E-state index in [0.29, 0.717) is 34.9 Å². The highest BCUT2D eigenvalue weighted by Crippen LogP contribution is 2.24. The van der Waals surface area contributed by atoms with Crippen LogP contribution in [0.25, 0.3) is 5.69 Å². The van der Waals surface area contributed by atoms with Gasteiger partial charge in [-0.25, -0.2) is 4.68 Å². The Hall–Kier alpha value is -2.73. The number of hydrogen-bond acceptors (Lipinski definition) is 5. The monoisotopic (exact) mass is 344 g/mol. The Morgan fingerprint density at radius 3 is 2.79 bits per heavy atom. The van der Waals surface area contributed by atoms with E-state index in [0.717, 1.165) is 11.1 Å². The summed E-state index contributed by atoms with van der Waals surface area (Å²) in [5, 5.41) is 4.74. The summed E-state index contributed by atoms with van der Waals surface area (Å²) in [5.41, 5.74) is 9.41. The van der Waals surface area contributed by atoms with Crippen molar-refractivity contribution in [3.05, 3.63) is 58.9 Å². The topological polar surface area (TPSA) is 75.2 Å². The zero-order valence-electron chi connectivity index (χ0n) is 13.4. The van der Waals surface area contributed by atoms with E-state index in [-0.39, 0.29) is 0 Å². The molecule has 0 aliphatic carbocycles. The molecule has 1 aromatic carbocycles. The summed E-state index contributed by atoms with van der Waals surface area (Å²) < 4.78 is 12.6. The standard InChI is InChI=1S/C17H17ClN4O2/c1-11-4-3-5-13(19)12(11)10-24-16-8-9-22(21-16)14-6-7-15(18)20-17(14)23-2/h3-9H,10,19H2,1-2H3. The second kappa shape index (κ2) is 6.80. The molecule has 0 amide bonds. The van der Waals surface area contributed by atoms with Gasteiger partial charge in [-0.2, -0.15) is 4.98 Å². The molecule has 24 heavy (non-hydrogen) atoms. The number of pyridine rings is 1. The van der Waals surface area contributed by atoms with E-state index in [9.17, 15) is 0 Å². The normalized spacial score (nSPS) is 10.6. The van der Waals surface area contributed by atoms with Crippen LogP contribution in [0.15, 0.2) is 42.6 Å². The first-order valence-electron chi connectivity index (χ1n) is 7.32. The van der Waals surface area contributed by atoms with Crippen molar-refractivity contribution in [3.63, 3.8) is 0 Å². The van der Waals surface area contributed by atoms with E-state index >= 15 is 0 Å². The Morgan fingerprint density at radius 1 is 1.21 bits per heavy atom. The summed E-state index contributed by atoms with van der Waals surface area (Å²) in [6.45, 7) is 2.35. The predicted octanol–water partition coefficient (Wildman–Crippen LogP) is 3.40. The number of nitrogen functional groups attached to an aromatic ring is 1. The van der Waals surface area contributed by atoms with Crippen molar-refractivity contribution in [1.29, 1.82) is 0 Å². The smallest absolute Gasteiger partial charge is 0.241 e. The summed E-state index contributed by atoms with van der Waals surface area (Å²) in [6, 6.07) is 11.0. The Bertz CT molecular complexity index is 843. The molecule has 0 aliphatic rings. The summed E-state index contributed by atoms with van der Waals surface area (Å²) in [7, 11) is 1.53. The molecule has 0 unspecified atom stereocenters. The number of anilines is 1. The largest absolute Gasteiger partial charge is 0.479 e. The second-order valence-electron chi connectivity index (χ2n) is 5.19. The molecule has 0 spiro atoms. The van der Waals surface area contributed by atoms with Crippen LogP contribution in [0.1, 0.15) is 11.1 Å². The summed E-state index contributed by atoms with van der Waals surface area (Å²) in [4.78, 5) is 4.12. The minimum atomic E-state index is 0.353. The van der Waals surface area contributed by atoms with Crippen molar-refractivity contribution in [3.8, 4) is 17.4 Å². The molecule has 0 bridgehead atoms. The first-order valence-corrected chi connectivity index (χ1v) is 7.69. The van der Waals surface area contributed by atoms with E-state index in [1.54, 1.807) is 29.1 Å². The van der Waals surface area contributed by atoms with Crippen LogP contribution < -0.4 is 15.2 Å². The van der Waals surface area contributed by atoms with Crippen molar-refractivity contribution in [2.24, 2.45) is 0 Å². The maximum absolute atomic E-state index is 5.99. The number of ether oxygens (including phenoxy) is 2. The third-order valence-electron chi connectivity index (χ3n) is 3.62. The molecule has 3 aromatic rings. The molecule has 0 aliphatic heterocycles. The average molecular weight is 345 g/mol. The quantitative estimate of drug-likeness (QED) is 0.567. The molecule has 0 atom stereocenters. The van der Waals surface area contributed by atoms with Gasteiger partial charge in [0, 0.05) is 23.5 Å². The lowest BCUT2D eigenvalue weighted by Gasteiger charge is -2.10. The minimum absolute atomic E-state index is 0.353. The van der Waals surface area contributed by atoms with Crippen molar-refractivity contribution in [2.45, 2.75) is 13.5 Å². The van der Waals surface area contributed by atoms with E-state index in [1.807, 2.05) is 25.1 Å². The highest BCUT2D eigenvalue weighted by atomic mass is 35.5. The van der Waals surface area contributed by atoms with Crippen LogP contribution in [-0.4, -0.2) is 21.9 Å². The number of methoxy groups -OCH3 is 1. The van der Waals surface area contributed by atoms with Gasteiger partial charge in [-0.1, -0.05) is 23.7 Å². The molecule has 2 heterocycles. The van der Waals surface area contributed by atoms with E-state index in [4.69, 9.17) is 26.8 Å². The van der Waals surface area contributed by atoms with E-state index in [1.165, 1.54) is 7.11 Å². The second-order valence-corrected chi connectivity index (χ2v) is 5.58. The third-order valence-corrected chi connectivity index (χ3v) is 3.83. The van der Waals surface area contributed by atoms with Gasteiger partial charge in [0.15, 0.2) is 0 Å². The Morgan fingerprint density at radius 2 is 2.04 bits per heavy atom. The minimum Gasteiger partial charge on any atom is -0.479 e. The van der Waals surface area contributed by atoms with Crippen LogP contribution >= 0.6 is 11.6 Å². The molecule has 0 saturated heterocycles. The third kappa shape index (κ3) is 3.28. The molecule has 124 valence electrons. The summed E-state index contributed by atoms with van der Waals surface area (Å²) in [6.07, 6.45) is 1.77. The highest BCUT2D eigenvalue weighted by molar-refractivity contribution is 6.29. The van der Waals surface area contributed by atoms with E-state index in [2.05, 4.69) is 10.1 Å². The lowest BCUT2D eigenvalue weighted by molar-refractivity contribution is 0.291. The molecular formula is C17H17ClN4O2. The van der Waals surface area contributed by atoms with Crippen molar-refractivity contribution in [2.75, 3.05) is 12.8 Å². The lowest BCUT2D eigenvalue weighted by Crippen LogP contribution is -2.04. The van der Waals surface area contributed by atoms with Gasteiger partial charge in [0.05, 0.1) is 7.11 Å². The molecule has 6 nitrogen and oxygen atoms in total. The summed E-state index contributed by atoms with van der Waals surface area (Å²) >= 11 is 5.88. The molecular weight excluding hydrogens is 328 g/mol. The number of halogens is 1. The van der Waals surface area contributed by atoms with Crippen molar-refractivity contribution >= 4 is 17.3 Å². The van der Waals surface area contributed by atoms with Gasteiger partial charge in [0.1, 0.15) is 17.4 Å². The van der Waals surface area contributed by atoms with Crippen LogP contribution in [0.2, 0.25) is 5.15 Å². The van der Waals surface area contributed by atoms with Crippen molar-refractivity contribution in [1.82, 2.24) is 14.8 Å². The molecule has 0 fully saturated rings. The van der Waals surface area contributed by atoms with Gasteiger partial charge >= 0.3 is 0 Å². The average Bonchev–Trinajstić information content (AvgIpc) is 3.03. The van der Waals surface area contributed by atoms with Crippen LogP contribution in [0.5, 0.6) is 11.8 Å². The molecule has 0 radical (unpaired) electrons. The van der Waals surface area contributed by atoms with E-state index < -0.39 is 0 Å². The van der Waals surface area contributed by atoms with Gasteiger partial charge in [0.25, 0.3) is 0 Å². The van der Waals surface area contributed by atoms with Crippen LogP contribution in [-0.2, 0) is 6.61 Å². The van der Waals surface area contributed by atoms with Crippen LogP contribution in [0.3, 0.4) is 0 Å². The number of hydrogen-bond donors (Lipinski definition) is 1. The fraction of sp³-hybridized carbons (Fsp3) is 0.176. The summed E-state index contributed by atoms with van der Waals surface area (Å²) in [5.74, 6) is 0.870. The van der Waals surface area contributed by atoms with Crippen LogP contribution in [0.4, 0.5) is 5.69 Å². The predicted molar refractivity (Wildman–Crippen MR) is 92.8 cm³/mol. The molecule has 2 N–H and O–H groups in total. The van der Waals surface area contributed by atoms with Gasteiger partial charge in [-0.05, 0) is 30.7 Å². The highest BCUT2D eigenvalue weighted by Gasteiger charge is 2.11. The van der Waals surface area contributed by atoms with Gasteiger partial charge in [-0.15, -0.1) is 5.10 Å². The molecule has 3 rings (SSSR count). The zero-order valence-corrected chi connectivity index (χ0v) is 14.1.